The lowest BCUT2D eigenvalue weighted by Gasteiger charge is -2.19. The lowest BCUT2D eigenvalue weighted by molar-refractivity contribution is -0.141. The van der Waals surface area contributed by atoms with Crippen LogP contribution in [0.3, 0.4) is 0 Å². The molecular formula is C14H18N4O6. The number of hydrogen-bond acceptors (Lipinski definition) is 6. The molecule has 2 atom stereocenters. The Morgan fingerprint density at radius 2 is 1.83 bits per heavy atom. The van der Waals surface area contributed by atoms with Crippen LogP contribution in [0.1, 0.15) is 23.7 Å². The predicted molar refractivity (Wildman–Crippen MR) is 82.8 cm³/mol. The third-order valence-electron chi connectivity index (χ3n) is 3.02. The molecule has 0 bridgehead atoms. The van der Waals surface area contributed by atoms with Gasteiger partial charge in [0.15, 0.2) is 0 Å². The number of nitrogens with two attached hydrogens (primary N) is 2. The molecule has 2 unspecified atom stereocenters. The molecule has 1 rings (SSSR count). The Kier molecular flexibility index (Phi) is 6.10. The largest absolute Gasteiger partial charge is 0.507 e. The summed E-state index contributed by atoms with van der Waals surface area (Å²) in [7, 11) is 0. The highest BCUT2D eigenvalue weighted by Gasteiger charge is 2.27. The molecule has 0 saturated carbocycles. The first-order valence-electron chi connectivity index (χ1n) is 6.82. The number of nitrogens with one attached hydrogen (secondary N) is 2. The number of carboxylic acids is 1. The molecule has 24 heavy (non-hydrogen) atoms. The van der Waals surface area contributed by atoms with Gasteiger partial charge in [0.05, 0.1) is 12.0 Å². The smallest absolute Gasteiger partial charge is 0.325 e. The summed E-state index contributed by atoms with van der Waals surface area (Å²) in [5.41, 5.74) is 10.6. The Balaban J connectivity index is 2.94. The van der Waals surface area contributed by atoms with Crippen LogP contribution in [-0.2, 0) is 14.4 Å². The molecular weight excluding hydrogens is 320 g/mol. The minimum absolute atomic E-state index is 0.202. The monoisotopic (exact) mass is 338 g/mol. The first-order valence-corrected chi connectivity index (χ1v) is 6.82. The summed E-state index contributed by atoms with van der Waals surface area (Å²) >= 11 is 0. The van der Waals surface area contributed by atoms with Crippen molar-refractivity contribution in [2.45, 2.75) is 25.4 Å². The van der Waals surface area contributed by atoms with Crippen LogP contribution in [0.5, 0.6) is 5.75 Å². The molecule has 0 aliphatic heterocycles. The molecule has 1 aromatic carbocycles. The van der Waals surface area contributed by atoms with Crippen molar-refractivity contribution in [3.05, 3.63) is 23.8 Å². The van der Waals surface area contributed by atoms with Crippen LogP contribution in [0.15, 0.2) is 18.2 Å². The maximum Gasteiger partial charge on any atom is 0.325 e. The number of rotatable bonds is 7. The van der Waals surface area contributed by atoms with Crippen molar-refractivity contribution in [3.63, 3.8) is 0 Å². The summed E-state index contributed by atoms with van der Waals surface area (Å²) in [6.45, 7) is 1.22. The Hall–Kier alpha value is -3.30. The van der Waals surface area contributed by atoms with E-state index in [-0.39, 0.29) is 17.0 Å². The molecule has 130 valence electrons. The number of carbonyl (C=O) groups excluding carboxylic acids is 3. The molecule has 0 radical (unpaired) electrons. The first kappa shape index (κ1) is 18.7. The lowest BCUT2D eigenvalue weighted by atomic mass is 10.1. The quantitative estimate of drug-likeness (QED) is 0.259. The van der Waals surface area contributed by atoms with Crippen molar-refractivity contribution >= 4 is 29.4 Å². The van der Waals surface area contributed by atoms with E-state index in [9.17, 15) is 24.3 Å². The van der Waals surface area contributed by atoms with Crippen molar-refractivity contribution in [2.24, 2.45) is 5.73 Å². The number of nitrogen functional groups attached to an aromatic ring is 1. The summed E-state index contributed by atoms with van der Waals surface area (Å²) in [6, 6.07) is 1.11. The van der Waals surface area contributed by atoms with E-state index in [1.165, 1.54) is 25.1 Å². The van der Waals surface area contributed by atoms with E-state index in [2.05, 4.69) is 10.6 Å². The van der Waals surface area contributed by atoms with Gasteiger partial charge >= 0.3 is 5.97 Å². The molecule has 8 N–H and O–H groups in total. The average Bonchev–Trinajstić information content (AvgIpc) is 2.48. The van der Waals surface area contributed by atoms with Gasteiger partial charge in [-0.15, -0.1) is 0 Å². The number of anilines is 1. The van der Waals surface area contributed by atoms with Crippen molar-refractivity contribution < 1.29 is 29.4 Å². The lowest BCUT2D eigenvalue weighted by Crippen LogP contribution is -2.52. The van der Waals surface area contributed by atoms with Gasteiger partial charge in [-0.3, -0.25) is 19.2 Å². The fourth-order valence-electron chi connectivity index (χ4n) is 1.76. The molecule has 10 heteroatoms. The highest BCUT2D eigenvalue weighted by atomic mass is 16.4. The van der Waals surface area contributed by atoms with Crippen LogP contribution in [0, 0.1) is 0 Å². The number of amides is 3. The van der Waals surface area contributed by atoms with E-state index in [4.69, 9.17) is 16.6 Å². The van der Waals surface area contributed by atoms with E-state index in [1.807, 2.05) is 0 Å². The second-order valence-electron chi connectivity index (χ2n) is 5.04. The number of benzene rings is 1. The number of aromatic hydroxyl groups is 1. The fraction of sp³-hybridized carbons (Fsp3) is 0.286. The number of primary amides is 1. The van der Waals surface area contributed by atoms with E-state index in [0.717, 1.165) is 0 Å². The van der Waals surface area contributed by atoms with Gasteiger partial charge in [-0.05, 0) is 25.1 Å². The summed E-state index contributed by atoms with van der Waals surface area (Å²) in [5.74, 6) is -4.32. The number of carboxylic acid groups (broad SMARTS) is 1. The summed E-state index contributed by atoms with van der Waals surface area (Å²) in [5, 5.41) is 22.8. The third kappa shape index (κ3) is 5.16. The van der Waals surface area contributed by atoms with Crippen molar-refractivity contribution in [1.29, 1.82) is 0 Å². The summed E-state index contributed by atoms with van der Waals surface area (Å²) in [6.07, 6.45) is -0.549. The molecule has 1 aromatic rings. The van der Waals surface area contributed by atoms with Crippen LogP contribution in [0.2, 0.25) is 0 Å². The molecule has 0 aliphatic rings. The number of phenols is 1. The van der Waals surface area contributed by atoms with Crippen LogP contribution >= 0.6 is 0 Å². The van der Waals surface area contributed by atoms with Crippen molar-refractivity contribution in [3.8, 4) is 5.75 Å². The zero-order chi connectivity index (χ0) is 18.4. The molecule has 0 spiro atoms. The Bertz CT molecular complexity index is 675. The molecule has 0 saturated heterocycles. The fourth-order valence-corrected chi connectivity index (χ4v) is 1.76. The van der Waals surface area contributed by atoms with E-state index in [0.29, 0.717) is 0 Å². The predicted octanol–water partition coefficient (Wildman–Crippen LogP) is -1.46. The van der Waals surface area contributed by atoms with Gasteiger partial charge in [0.1, 0.15) is 17.8 Å². The average molecular weight is 338 g/mol. The van der Waals surface area contributed by atoms with Gasteiger partial charge in [-0.25, -0.2) is 0 Å². The van der Waals surface area contributed by atoms with Gasteiger partial charge in [0, 0.05) is 5.69 Å². The van der Waals surface area contributed by atoms with Gasteiger partial charge in [-0.1, -0.05) is 0 Å². The second kappa shape index (κ2) is 7.81. The summed E-state index contributed by atoms with van der Waals surface area (Å²) in [4.78, 5) is 46.0. The highest BCUT2D eigenvalue weighted by Crippen LogP contribution is 2.19. The van der Waals surface area contributed by atoms with Gasteiger partial charge < -0.3 is 32.3 Å². The van der Waals surface area contributed by atoms with Crippen LogP contribution in [-0.4, -0.2) is 46.0 Å². The number of aliphatic carboxylic acids is 1. The minimum atomic E-state index is -1.40. The highest BCUT2D eigenvalue weighted by molar-refractivity contribution is 6.01. The molecule has 0 aliphatic carbocycles. The molecule has 10 nitrogen and oxygen atoms in total. The SMILES string of the molecule is CC(NC(=O)C(CC(N)=O)NC(=O)c1cc(N)ccc1O)C(=O)O. The number of carbonyl (C=O) groups is 4. The normalized spacial score (nSPS) is 12.7. The van der Waals surface area contributed by atoms with Crippen LogP contribution in [0.4, 0.5) is 5.69 Å². The Morgan fingerprint density at radius 1 is 1.21 bits per heavy atom. The van der Waals surface area contributed by atoms with Gasteiger partial charge in [0.2, 0.25) is 11.8 Å². The Morgan fingerprint density at radius 3 is 2.38 bits per heavy atom. The van der Waals surface area contributed by atoms with Crippen LogP contribution in [0.25, 0.3) is 0 Å². The van der Waals surface area contributed by atoms with Gasteiger partial charge in [-0.2, -0.15) is 0 Å². The standard InChI is InChI=1S/C14H18N4O6/c1-6(14(23)24)17-13(22)9(5-11(16)20)18-12(21)8-4-7(15)2-3-10(8)19/h2-4,6,9,19H,5,15H2,1H3,(H2,16,20)(H,17,22)(H,18,21)(H,23,24). The van der Waals surface area contributed by atoms with E-state index >= 15 is 0 Å². The Labute approximate surface area is 136 Å². The molecule has 0 aromatic heterocycles. The zero-order valence-electron chi connectivity index (χ0n) is 12.8. The zero-order valence-corrected chi connectivity index (χ0v) is 12.8. The molecule has 0 fully saturated rings. The molecule has 3 amide bonds. The molecule has 0 heterocycles. The second-order valence-corrected chi connectivity index (χ2v) is 5.04. The van der Waals surface area contributed by atoms with Crippen molar-refractivity contribution in [2.75, 3.05) is 5.73 Å². The number of hydrogen-bond donors (Lipinski definition) is 6. The third-order valence-corrected chi connectivity index (χ3v) is 3.02. The number of phenolic OH excluding ortho intramolecular Hbond substituents is 1. The minimum Gasteiger partial charge on any atom is -0.507 e. The van der Waals surface area contributed by atoms with Crippen LogP contribution < -0.4 is 22.1 Å². The first-order chi connectivity index (χ1) is 11.1. The topological polar surface area (TPSA) is 185 Å². The maximum atomic E-state index is 12.2. The van der Waals surface area contributed by atoms with Gasteiger partial charge in [0.25, 0.3) is 5.91 Å². The van der Waals surface area contributed by atoms with E-state index in [1.54, 1.807) is 0 Å². The summed E-state index contributed by atoms with van der Waals surface area (Å²) < 4.78 is 0. The van der Waals surface area contributed by atoms with E-state index < -0.39 is 42.2 Å². The van der Waals surface area contributed by atoms with Crippen molar-refractivity contribution in [1.82, 2.24) is 10.6 Å². The maximum absolute atomic E-state index is 12.2.